The molecule has 0 aliphatic heterocycles. The Morgan fingerprint density at radius 3 is 1.85 bits per heavy atom. The second kappa shape index (κ2) is 12.1. The highest BCUT2D eigenvalue weighted by atomic mass is 16.3. The van der Waals surface area contributed by atoms with Crippen molar-refractivity contribution in [2.24, 2.45) is 17.3 Å². The van der Waals surface area contributed by atoms with Crippen LogP contribution in [-0.2, 0) is 5.41 Å². The van der Waals surface area contributed by atoms with Crippen LogP contribution in [0.1, 0.15) is 50.2 Å². The topological polar surface area (TPSA) is 75.6 Å². The Bertz CT molecular complexity index is 2850. The molecule has 3 fully saturated rings. The van der Waals surface area contributed by atoms with Gasteiger partial charge in [0.2, 0.25) is 0 Å². The molecule has 0 spiro atoms. The standard InChI is InChI=1S/C50H38N4O/c1-49-30-50(27-35(49)23-24-36(49)28-50)34-21-18-31(19-22-34)37-11-4-5-13-39(37)40-14-6-7-16-42(40)48-53-46(52-47(54-48)38-12-3-2-10-33(38)29-51)32-20-25-45-43(26-32)41-15-8-9-17-44(41)55-45/h2-22,25-26,35-36H,23-24,27-28,30H2,1H3/t35-,36+,49?,50?. The smallest absolute Gasteiger partial charge is 0.165 e. The minimum absolute atomic E-state index is 0.346. The van der Waals surface area contributed by atoms with Crippen LogP contribution in [0.25, 0.3) is 78.4 Å². The number of nitriles is 1. The normalized spacial score (nSPS) is 22.4. The molecular formula is C50H38N4O. The van der Waals surface area contributed by atoms with Gasteiger partial charge in [0, 0.05) is 27.5 Å². The highest BCUT2D eigenvalue weighted by Crippen LogP contribution is 2.72. The van der Waals surface area contributed by atoms with Gasteiger partial charge in [-0.2, -0.15) is 5.26 Å². The quantitative estimate of drug-likeness (QED) is 0.172. The van der Waals surface area contributed by atoms with Crippen LogP contribution in [0, 0.1) is 28.6 Å². The third-order valence-electron chi connectivity index (χ3n) is 13.5. The molecular weight excluding hydrogens is 673 g/mol. The third kappa shape index (κ3) is 4.94. The number of para-hydroxylation sites is 1. The molecule has 2 unspecified atom stereocenters. The second-order valence-electron chi connectivity index (χ2n) is 16.3. The van der Waals surface area contributed by atoms with E-state index in [1.807, 2.05) is 54.6 Å². The molecule has 2 bridgehead atoms. The molecule has 11 rings (SSSR count). The van der Waals surface area contributed by atoms with Gasteiger partial charge in [0.1, 0.15) is 11.2 Å². The summed E-state index contributed by atoms with van der Waals surface area (Å²) in [6.07, 6.45) is 6.88. The zero-order valence-electron chi connectivity index (χ0n) is 30.7. The zero-order chi connectivity index (χ0) is 36.7. The lowest BCUT2D eigenvalue weighted by Gasteiger charge is -2.33. The van der Waals surface area contributed by atoms with Gasteiger partial charge in [-0.15, -0.1) is 0 Å². The van der Waals surface area contributed by atoms with E-state index < -0.39 is 0 Å². The Hall–Kier alpha value is -6.38. The first-order valence-electron chi connectivity index (χ1n) is 19.5. The number of rotatable bonds is 6. The number of aromatic nitrogens is 3. The summed E-state index contributed by atoms with van der Waals surface area (Å²) in [5, 5.41) is 12.1. The van der Waals surface area contributed by atoms with Gasteiger partial charge in [0.05, 0.1) is 11.6 Å². The number of nitrogens with zero attached hydrogens (tertiary/aromatic N) is 4. The van der Waals surface area contributed by atoms with E-state index in [1.54, 1.807) is 6.07 Å². The van der Waals surface area contributed by atoms with E-state index in [4.69, 9.17) is 19.4 Å². The molecule has 0 saturated heterocycles. The lowest BCUT2D eigenvalue weighted by atomic mass is 9.72. The van der Waals surface area contributed by atoms with Crippen molar-refractivity contribution in [1.29, 1.82) is 5.26 Å². The molecule has 3 aliphatic rings. The van der Waals surface area contributed by atoms with Gasteiger partial charge in [-0.05, 0) is 119 Å². The minimum Gasteiger partial charge on any atom is -0.456 e. The fraction of sp³-hybridized carbons (Fsp3) is 0.200. The molecule has 0 N–H and O–H groups in total. The van der Waals surface area contributed by atoms with Crippen molar-refractivity contribution in [2.75, 3.05) is 0 Å². The number of hydrogen-bond acceptors (Lipinski definition) is 5. The van der Waals surface area contributed by atoms with E-state index in [-0.39, 0.29) is 0 Å². The Morgan fingerprint density at radius 1 is 0.564 bits per heavy atom. The summed E-state index contributed by atoms with van der Waals surface area (Å²) < 4.78 is 6.14. The SMILES string of the molecule is CC12CC3(c4ccc(-c5ccccc5-c5ccccc5-c5nc(-c6ccc7oc8ccccc8c7c6)nc(-c6ccccc6C#N)n5)cc4)C[C@H]1CC[C@H]2C3. The number of fused-ring (bicyclic) bond motifs is 4. The fourth-order valence-corrected chi connectivity index (χ4v) is 10.9. The summed E-state index contributed by atoms with van der Waals surface area (Å²) in [7, 11) is 0. The van der Waals surface area contributed by atoms with Gasteiger partial charge in [-0.1, -0.05) is 110 Å². The van der Waals surface area contributed by atoms with E-state index in [0.29, 0.717) is 39.4 Å². The average Bonchev–Trinajstić information content (AvgIpc) is 3.89. The van der Waals surface area contributed by atoms with Crippen LogP contribution in [0.4, 0.5) is 0 Å². The van der Waals surface area contributed by atoms with Crippen molar-refractivity contribution in [1.82, 2.24) is 15.0 Å². The molecule has 0 radical (unpaired) electrons. The highest BCUT2D eigenvalue weighted by molar-refractivity contribution is 6.06. The monoisotopic (exact) mass is 710 g/mol. The van der Waals surface area contributed by atoms with Crippen molar-refractivity contribution in [3.8, 4) is 62.5 Å². The summed E-state index contributed by atoms with van der Waals surface area (Å²) in [5.41, 5.74) is 11.5. The molecule has 4 atom stereocenters. The van der Waals surface area contributed by atoms with Crippen LogP contribution in [0.3, 0.4) is 0 Å². The predicted molar refractivity (Wildman–Crippen MR) is 219 cm³/mol. The average molecular weight is 711 g/mol. The molecule has 2 heterocycles. The maximum atomic E-state index is 10.1. The summed E-state index contributed by atoms with van der Waals surface area (Å²) in [6, 6.07) is 50.5. The van der Waals surface area contributed by atoms with Gasteiger partial charge < -0.3 is 4.42 Å². The molecule has 6 aromatic carbocycles. The van der Waals surface area contributed by atoms with E-state index in [1.165, 1.54) is 48.8 Å². The number of hydrogen-bond donors (Lipinski definition) is 0. The molecule has 2 aromatic heterocycles. The maximum absolute atomic E-state index is 10.1. The van der Waals surface area contributed by atoms with Crippen molar-refractivity contribution >= 4 is 21.9 Å². The molecule has 5 nitrogen and oxygen atoms in total. The van der Waals surface area contributed by atoms with E-state index in [2.05, 4.69) is 91.9 Å². The second-order valence-corrected chi connectivity index (χ2v) is 16.3. The largest absolute Gasteiger partial charge is 0.456 e. The molecule has 3 aliphatic carbocycles. The first kappa shape index (κ1) is 32.1. The van der Waals surface area contributed by atoms with Crippen LogP contribution < -0.4 is 0 Å². The molecule has 55 heavy (non-hydrogen) atoms. The summed E-state index contributed by atoms with van der Waals surface area (Å²) in [5.74, 6) is 3.31. The Balaban J connectivity index is 1.04. The molecule has 0 amide bonds. The van der Waals surface area contributed by atoms with E-state index in [9.17, 15) is 5.26 Å². The van der Waals surface area contributed by atoms with Crippen LogP contribution in [0.15, 0.2) is 144 Å². The van der Waals surface area contributed by atoms with Crippen molar-refractivity contribution in [2.45, 2.75) is 44.4 Å². The van der Waals surface area contributed by atoms with E-state index >= 15 is 0 Å². The Kier molecular flexibility index (Phi) is 7.04. The lowest BCUT2D eigenvalue weighted by molar-refractivity contribution is 0.195. The first-order valence-corrected chi connectivity index (χ1v) is 19.5. The van der Waals surface area contributed by atoms with Gasteiger partial charge in [-0.25, -0.2) is 15.0 Å². The van der Waals surface area contributed by atoms with Crippen molar-refractivity contribution in [3.05, 3.63) is 151 Å². The van der Waals surface area contributed by atoms with Crippen molar-refractivity contribution < 1.29 is 4.42 Å². The molecule has 5 heteroatoms. The maximum Gasteiger partial charge on any atom is 0.165 e. The Morgan fingerprint density at radius 2 is 1.13 bits per heavy atom. The molecule has 3 saturated carbocycles. The predicted octanol–water partition coefficient (Wildman–Crippen LogP) is 12.4. The van der Waals surface area contributed by atoms with Gasteiger partial charge in [0.15, 0.2) is 17.5 Å². The van der Waals surface area contributed by atoms with Crippen LogP contribution >= 0.6 is 0 Å². The van der Waals surface area contributed by atoms with Gasteiger partial charge >= 0.3 is 0 Å². The first-order chi connectivity index (χ1) is 27.0. The summed E-state index contributed by atoms with van der Waals surface area (Å²) in [6.45, 7) is 2.58. The van der Waals surface area contributed by atoms with Crippen LogP contribution in [-0.4, -0.2) is 15.0 Å². The van der Waals surface area contributed by atoms with Crippen LogP contribution in [0.5, 0.6) is 0 Å². The molecule has 264 valence electrons. The zero-order valence-corrected chi connectivity index (χ0v) is 30.7. The minimum atomic E-state index is 0.346. The summed E-state index contributed by atoms with van der Waals surface area (Å²) >= 11 is 0. The summed E-state index contributed by atoms with van der Waals surface area (Å²) in [4.78, 5) is 15.3. The highest BCUT2D eigenvalue weighted by Gasteiger charge is 2.65. The number of benzene rings is 6. The molecule has 8 aromatic rings. The van der Waals surface area contributed by atoms with E-state index in [0.717, 1.165) is 56.0 Å². The third-order valence-corrected chi connectivity index (χ3v) is 13.5. The fourth-order valence-electron chi connectivity index (χ4n) is 10.9. The Labute approximate surface area is 320 Å². The van der Waals surface area contributed by atoms with Crippen LogP contribution in [0.2, 0.25) is 0 Å². The van der Waals surface area contributed by atoms with Gasteiger partial charge in [0.25, 0.3) is 0 Å². The lowest BCUT2D eigenvalue weighted by Crippen LogP contribution is -2.26. The number of furan rings is 1. The van der Waals surface area contributed by atoms with Crippen molar-refractivity contribution in [3.63, 3.8) is 0 Å². The van der Waals surface area contributed by atoms with Gasteiger partial charge in [-0.3, -0.25) is 0 Å².